The van der Waals surface area contributed by atoms with Crippen LogP contribution < -0.4 is 10.1 Å². The third-order valence-corrected chi connectivity index (χ3v) is 3.31. The van der Waals surface area contributed by atoms with Gasteiger partial charge < -0.3 is 10.1 Å². The molecule has 0 radical (unpaired) electrons. The third kappa shape index (κ3) is 3.91. The molecule has 0 bridgehead atoms. The zero-order chi connectivity index (χ0) is 14.4. The Balaban J connectivity index is 2.17. The van der Waals surface area contributed by atoms with Gasteiger partial charge in [-0.3, -0.25) is 0 Å². The Morgan fingerprint density at radius 1 is 1.15 bits per heavy atom. The summed E-state index contributed by atoms with van der Waals surface area (Å²) in [6.45, 7) is 4.92. The fraction of sp³-hybridized carbons (Fsp3) is 0.294. The van der Waals surface area contributed by atoms with Gasteiger partial charge >= 0.3 is 0 Å². The predicted molar refractivity (Wildman–Crippen MR) is 85.7 cm³/mol. The maximum Gasteiger partial charge on any atom is 0.142 e. The van der Waals surface area contributed by atoms with Crippen LogP contribution in [0.4, 0.5) is 5.69 Å². The predicted octanol–water partition coefficient (Wildman–Crippen LogP) is 5.30. The summed E-state index contributed by atoms with van der Waals surface area (Å²) in [6, 6.07) is 16.2. The van der Waals surface area contributed by atoms with E-state index in [0.29, 0.717) is 11.6 Å². The lowest BCUT2D eigenvalue weighted by molar-refractivity contribution is 0.318. The Hall–Kier alpha value is -1.67. The molecule has 1 unspecified atom stereocenters. The second kappa shape index (κ2) is 7.20. The highest BCUT2D eigenvalue weighted by molar-refractivity contribution is 6.30. The van der Waals surface area contributed by atoms with Gasteiger partial charge in [-0.15, -0.1) is 0 Å². The van der Waals surface area contributed by atoms with Crippen molar-refractivity contribution in [1.82, 2.24) is 0 Å². The molecule has 1 N–H and O–H groups in total. The van der Waals surface area contributed by atoms with Crippen LogP contribution in [0.25, 0.3) is 0 Å². The van der Waals surface area contributed by atoms with Gasteiger partial charge in [-0.2, -0.15) is 0 Å². The van der Waals surface area contributed by atoms with Crippen LogP contribution in [0.3, 0.4) is 0 Å². The minimum absolute atomic E-state index is 0.193. The van der Waals surface area contributed by atoms with E-state index in [1.165, 1.54) is 5.56 Å². The first-order valence-electron chi connectivity index (χ1n) is 6.94. The van der Waals surface area contributed by atoms with Crippen LogP contribution in [0.2, 0.25) is 5.02 Å². The number of halogens is 1. The topological polar surface area (TPSA) is 21.3 Å². The fourth-order valence-corrected chi connectivity index (χ4v) is 2.18. The van der Waals surface area contributed by atoms with E-state index in [0.717, 1.165) is 17.9 Å². The SMILES string of the molecule is CCCOc1ccc(Cl)cc1NC(C)c1ccccc1. The maximum absolute atomic E-state index is 6.08. The molecular weight excluding hydrogens is 270 g/mol. The molecule has 2 rings (SSSR count). The van der Waals surface area contributed by atoms with Crippen LogP contribution in [0, 0.1) is 0 Å². The molecule has 2 aromatic rings. The summed E-state index contributed by atoms with van der Waals surface area (Å²) < 4.78 is 5.76. The van der Waals surface area contributed by atoms with Crippen molar-refractivity contribution in [2.75, 3.05) is 11.9 Å². The van der Waals surface area contributed by atoms with Crippen LogP contribution in [-0.2, 0) is 0 Å². The highest BCUT2D eigenvalue weighted by Gasteiger charge is 2.09. The number of nitrogens with one attached hydrogen (secondary N) is 1. The van der Waals surface area contributed by atoms with Crippen molar-refractivity contribution in [3.63, 3.8) is 0 Å². The quantitative estimate of drug-likeness (QED) is 0.779. The largest absolute Gasteiger partial charge is 0.491 e. The summed E-state index contributed by atoms with van der Waals surface area (Å²) in [7, 11) is 0. The standard InChI is InChI=1S/C17H20ClNO/c1-3-11-20-17-10-9-15(18)12-16(17)19-13(2)14-7-5-4-6-8-14/h4-10,12-13,19H,3,11H2,1-2H3. The Morgan fingerprint density at radius 3 is 2.60 bits per heavy atom. The molecular formula is C17H20ClNO. The van der Waals surface area contributed by atoms with Gasteiger partial charge in [0.1, 0.15) is 5.75 Å². The molecule has 0 aliphatic heterocycles. The number of ether oxygens (including phenoxy) is 1. The second-order valence-electron chi connectivity index (χ2n) is 4.77. The van der Waals surface area contributed by atoms with Crippen molar-refractivity contribution < 1.29 is 4.74 Å². The average molecular weight is 290 g/mol. The first kappa shape index (κ1) is 14.7. The zero-order valence-corrected chi connectivity index (χ0v) is 12.7. The van der Waals surface area contributed by atoms with E-state index in [-0.39, 0.29) is 6.04 Å². The van der Waals surface area contributed by atoms with Gasteiger partial charge in [0, 0.05) is 11.1 Å². The Morgan fingerprint density at radius 2 is 1.90 bits per heavy atom. The monoisotopic (exact) mass is 289 g/mol. The number of hydrogen-bond acceptors (Lipinski definition) is 2. The molecule has 1 atom stereocenters. The molecule has 106 valence electrons. The lowest BCUT2D eigenvalue weighted by atomic mass is 10.1. The normalized spacial score (nSPS) is 11.9. The van der Waals surface area contributed by atoms with Gasteiger partial charge in [-0.25, -0.2) is 0 Å². The molecule has 2 aromatic carbocycles. The number of rotatable bonds is 6. The molecule has 0 amide bonds. The maximum atomic E-state index is 6.08. The van der Waals surface area contributed by atoms with Crippen molar-refractivity contribution in [1.29, 1.82) is 0 Å². The van der Waals surface area contributed by atoms with Crippen molar-refractivity contribution in [3.8, 4) is 5.75 Å². The Bertz CT molecular complexity index is 542. The first-order valence-corrected chi connectivity index (χ1v) is 7.32. The van der Waals surface area contributed by atoms with E-state index in [1.807, 2.05) is 36.4 Å². The minimum Gasteiger partial charge on any atom is -0.491 e. The lowest BCUT2D eigenvalue weighted by Gasteiger charge is -2.19. The van der Waals surface area contributed by atoms with E-state index in [1.54, 1.807) is 0 Å². The van der Waals surface area contributed by atoms with Crippen molar-refractivity contribution in [3.05, 3.63) is 59.1 Å². The molecule has 0 aromatic heterocycles. The lowest BCUT2D eigenvalue weighted by Crippen LogP contribution is -2.08. The molecule has 0 aliphatic carbocycles. The van der Waals surface area contributed by atoms with Gasteiger partial charge in [-0.1, -0.05) is 48.9 Å². The Labute approximate surface area is 125 Å². The zero-order valence-electron chi connectivity index (χ0n) is 11.9. The van der Waals surface area contributed by atoms with Crippen LogP contribution in [0.1, 0.15) is 31.9 Å². The molecule has 2 nitrogen and oxygen atoms in total. The second-order valence-corrected chi connectivity index (χ2v) is 5.20. The average Bonchev–Trinajstić information content (AvgIpc) is 2.47. The van der Waals surface area contributed by atoms with Gasteiger partial charge in [0.2, 0.25) is 0 Å². The van der Waals surface area contributed by atoms with Gasteiger partial charge in [0.25, 0.3) is 0 Å². The summed E-state index contributed by atoms with van der Waals surface area (Å²) in [5, 5.41) is 4.17. The molecule has 0 saturated heterocycles. The summed E-state index contributed by atoms with van der Waals surface area (Å²) in [4.78, 5) is 0. The van der Waals surface area contributed by atoms with Gasteiger partial charge in [-0.05, 0) is 37.1 Å². The molecule has 0 spiro atoms. The highest BCUT2D eigenvalue weighted by Crippen LogP contribution is 2.31. The minimum atomic E-state index is 0.193. The van der Waals surface area contributed by atoms with Crippen molar-refractivity contribution >= 4 is 17.3 Å². The Kier molecular flexibility index (Phi) is 5.31. The van der Waals surface area contributed by atoms with E-state index in [9.17, 15) is 0 Å². The number of anilines is 1. The van der Waals surface area contributed by atoms with E-state index in [4.69, 9.17) is 16.3 Å². The van der Waals surface area contributed by atoms with Crippen LogP contribution in [0.15, 0.2) is 48.5 Å². The smallest absolute Gasteiger partial charge is 0.142 e. The van der Waals surface area contributed by atoms with E-state index in [2.05, 4.69) is 31.3 Å². The number of hydrogen-bond donors (Lipinski definition) is 1. The van der Waals surface area contributed by atoms with Crippen LogP contribution >= 0.6 is 11.6 Å². The van der Waals surface area contributed by atoms with Gasteiger partial charge in [0.05, 0.1) is 12.3 Å². The van der Waals surface area contributed by atoms with Crippen LogP contribution in [0.5, 0.6) is 5.75 Å². The summed E-state index contributed by atoms with van der Waals surface area (Å²) in [5.74, 6) is 0.846. The van der Waals surface area contributed by atoms with E-state index >= 15 is 0 Å². The summed E-state index contributed by atoms with van der Waals surface area (Å²) >= 11 is 6.08. The van der Waals surface area contributed by atoms with Crippen molar-refractivity contribution in [2.24, 2.45) is 0 Å². The molecule has 0 saturated carbocycles. The number of benzene rings is 2. The van der Waals surface area contributed by atoms with E-state index < -0.39 is 0 Å². The summed E-state index contributed by atoms with van der Waals surface area (Å²) in [6.07, 6.45) is 0.982. The fourth-order valence-electron chi connectivity index (χ4n) is 2.01. The molecule has 0 fully saturated rings. The molecule has 0 aliphatic rings. The molecule has 20 heavy (non-hydrogen) atoms. The highest BCUT2D eigenvalue weighted by atomic mass is 35.5. The van der Waals surface area contributed by atoms with Gasteiger partial charge in [0.15, 0.2) is 0 Å². The van der Waals surface area contributed by atoms with Crippen LogP contribution in [-0.4, -0.2) is 6.61 Å². The molecule has 0 heterocycles. The van der Waals surface area contributed by atoms with Crippen molar-refractivity contribution in [2.45, 2.75) is 26.3 Å². The molecule has 3 heteroatoms. The first-order chi connectivity index (χ1) is 9.70. The third-order valence-electron chi connectivity index (χ3n) is 3.07. The summed E-state index contributed by atoms with van der Waals surface area (Å²) in [5.41, 5.74) is 2.16.